The van der Waals surface area contributed by atoms with Crippen molar-refractivity contribution in [3.05, 3.63) is 89.0 Å². The molecule has 0 aliphatic carbocycles. The number of hydrogen-bond acceptors (Lipinski definition) is 6. The Balaban J connectivity index is 1.34. The van der Waals surface area contributed by atoms with Crippen LogP contribution in [0.15, 0.2) is 60.8 Å². The molecule has 1 N–H and O–H groups in total. The van der Waals surface area contributed by atoms with Gasteiger partial charge in [-0.3, -0.25) is 4.90 Å². The third-order valence-corrected chi connectivity index (χ3v) is 7.58. The van der Waals surface area contributed by atoms with Gasteiger partial charge in [0.15, 0.2) is 17.3 Å². The molecule has 1 aliphatic heterocycles. The van der Waals surface area contributed by atoms with Crippen molar-refractivity contribution in [1.82, 2.24) is 19.7 Å². The van der Waals surface area contributed by atoms with E-state index in [1.807, 2.05) is 25.1 Å². The minimum atomic E-state index is -5.05. The molecule has 0 radical (unpaired) electrons. The number of benzene rings is 2. The fraction of sp³-hybridized carbons (Fsp3) is 0.323. The van der Waals surface area contributed by atoms with E-state index >= 15 is 0 Å². The third kappa shape index (κ3) is 7.76. The molecule has 2 aromatic heterocycles. The Morgan fingerprint density at radius 3 is 2.39 bits per heavy atom. The first-order chi connectivity index (χ1) is 21.7. The second-order valence-corrected chi connectivity index (χ2v) is 10.8. The van der Waals surface area contributed by atoms with Gasteiger partial charge in [-0.2, -0.15) is 31.4 Å². The number of alkyl halides is 6. The molecular weight excluding hydrogens is 625 g/mol. The van der Waals surface area contributed by atoms with Crippen LogP contribution in [-0.4, -0.2) is 56.7 Å². The van der Waals surface area contributed by atoms with E-state index in [2.05, 4.69) is 14.8 Å². The number of ether oxygens (including phenoxy) is 2. The summed E-state index contributed by atoms with van der Waals surface area (Å²) in [6.07, 6.45) is -9.42. The molecule has 8 nitrogen and oxygen atoms in total. The highest BCUT2D eigenvalue weighted by Gasteiger charge is 2.41. The van der Waals surface area contributed by atoms with Gasteiger partial charge in [-0.15, -0.1) is 0 Å². The quantitative estimate of drug-likeness (QED) is 0.154. The zero-order valence-electron chi connectivity index (χ0n) is 24.2. The van der Waals surface area contributed by atoms with Gasteiger partial charge in [-0.1, -0.05) is 24.3 Å². The van der Waals surface area contributed by atoms with E-state index < -0.39 is 42.3 Å². The third-order valence-electron chi connectivity index (χ3n) is 7.58. The maximum absolute atomic E-state index is 14.4. The van der Waals surface area contributed by atoms with Crippen LogP contribution in [0, 0.1) is 12.7 Å². The van der Waals surface area contributed by atoms with Crippen LogP contribution >= 0.6 is 0 Å². The highest BCUT2D eigenvalue weighted by atomic mass is 19.4. The van der Waals surface area contributed by atoms with Crippen LogP contribution in [-0.2, 0) is 12.8 Å². The summed E-state index contributed by atoms with van der Waals surface area (Å²) in [5, 5.41) is 12.4. The fourth-order valence-corrected chi connectivity index (χ4v) is 5.42. The van der Waals surface area contributed by atoms with Gasteiger partial charge in [-0.25, -0.2) is 18.9 Å². The SMILES string of the molecule is Cc1cc(C2CCN(CC(F)(F)F)CC2)ccc1COc1ccc(F)cc1-c1cccc(-n2ncc(OC(=O)O)c2C(F)(F)F)n1. The lowest BCUT2D eigenvalue weighted by Gasteiger charge is -2.32. The smallest absolute Gasteiger partial charge is 0.488 e. The Morgan fingerprint density at radius 2 is 1.74 bits per heavy atom. The highest BCUT2D eigenvalue weighted by molar-refractivity contribution is 5.68. The second kappa shape index (κ2) is 13.0. The molecule has 244 valence electrons. The van der Waals surface area contributed by atoms with Crippen LogP contribution in [0.5, 0.6) is 11.5 Å². The van der Waals surface area contributed by atoms with Crippen molar-refractivity contribution in [3.8, 4) is 28.6 Å². The number of hydrogen-bond donors (Lipinski definition) is 1. The van der Waals surface area contributed by atoms with Crippen molar-refractivity contribution in [3.63, 3.8) is 0 Å². The molecule has 0 atom stereocenters. The van der Waals surface area contributed by atoms with Gasteiger partial charge < -0.3 is 14.6 Å². The molecule has 1 aliphatic rings. The molecule has 3 heterocycles. The predicted octanol–water partition coefficient (Wildman–Crippen LogP) is 7.78. The number of halogens is 7. The number of carbonyl (C=O) groups is 1. The number of nitrogens with zero attached hydrogens (tertiary/aromatic N) is 4. The summed E-state index contributed by atoms with van der Waals surface area (Å²) in [7, 11) is 0. The first-order valence-electron chi connectivity index (χ1n) is 14.0. The molecular formula is C31H27F7N4O4. The van der Waals surface area contributed by atoms with Crippen LogP contribution in [0.25, 0.3) is 17.1 Å². The molecule has 1 saturated heterocycles. The van der Waals surface area contributed by atoms with E-state index in [-0.39, 0.29) is 35.3 Å². The maximum atomic E-state index is 14.4. The van der Waals surface area contributed by atoms with Gasteiger partial charge in [0.2, 0.25) is 0 Å². The zero-order chi connectivity index (χ0) is 33.2. The largest absolute Gasteiger partial charge is 0.511 e. The van der Waals surface area contributed by atoms with Gasteiger partial charge in [0.1, 0.15) is 18.2 Å². The lowest BCUT2D eigenvalue weighted by molar-refractivity contribution is -0.148. The zero-order valence-corrected chi connectivity index (χ0v) is 24.2. The van der Waals surface area contributed by atoms with E-state index in [1.165, 1.54) is 29.2 Å². The number of rotatable bonds is 8. The molecule has 0 saturated carbocycles. The maximum Gasteiger partial charge on any atom is 0.511 e. The standard InChI is InChI=1S/C31H27F7N4O4/c1-18-13-20(19-9-11-41(12-10-19)17-30(33,34)35)5-6-21(18)16-45-25-8-7-22(32)14-23(25)24-3-2-4-27(40-24)42-28(31(36,37)38)26(15-39-42)46-29(43)44/h2-8,13-15,19H,9-12,16-17H2,1H3,(H,43,44). The van der Waals surface area contributed by atoms with Crippen LogP contribution in [0.4, 0.5) is 35.5 Å². The average Bonchev–Trinajstić information content (AvgIpc) is 3.40. The summed E-state index contributed by atoms with van der Waals surface area (Å²) < 4.78 is 105. The Labute approximate surface area is 258 Å². The summed E-state index contributed by atoms with van der Waals surface area (Å²) in [4.78, 5) is 16.5. The number of aryl methyl sites for hydroxylation is 1. The van der Waals surface area contributed by atoms with Crippen LogP contribution < -0.4 is 9.47 Å². The normalized spacial score (nSPS) is 14.8. The monoisotopic (exact) mass is 652 g/mol. The van der Waals surface area contributed by atoms with Crippen molar-refractivity contribution < 1.29 is 50.1 Å². The molecule has 5 rings (SSSR count). The molecule has 0 spiro atoms. The van der Waals surface area contributed by atoms with Crippen molar-refractivity contribution >= 4 is 6.16 Å². The van der Waals surface area contributed by atoms with E-state index in [1.54, 1.807) is 0 Å². The van der Waals surface area contributed by atoms with E-state index in [0.717, 1.165) is 28.8 Å². The molecule has 15 heteroatoms. The van der Waals surface area contributed by atoms with Crippen molar-refractivity contribution in [2.24, 2.45) is 0 Å². The second-order valence-electron chi connectivity index (χ2n) is 10.8. The minimum Gasteiger partial charge on any atom is -0.488 e. The number of pyridine rings is 1. The summed E-state index contributed by atoms with van der Waals surface area (Å²) in [6.45, 7) is 1.72. The first kappa shape index (κ1) is 32.7. The lowest BCUT2D eigenvalue weighted by Crippen LogP contribution is -2.39. The van der Waals surface area contributed by atoms with E-state index in [4.69, 9.17) is 9.84 Å². The van der Waals surface area contributed by atoms with E-state index in [9.17, 15) is 35.5 Å². The fourth-order valence-electron chi connectivity index (χ4n) is 5.42. The molecule has 0 bridgehead atoms. The average molecular weight is 653 g/mol. The molecule has 0 amide bonds. The first-order valence-corrected chi connectivity index (χ1v) is 14.0. The van der Waals surface area contributed by atoms with Crippen LogP contribution in [0.3, 0.4) is 0 Å². The van der Waals surface area contributed by atoms with Crippen molar-refractivity contribution in [2.45, 2.75) is 44.6 Å². The molecule has 4 aromatic rings. The number of carboxylic acid groups (broad SMARTS) is 1. The number of aromatic nitrogens is 3. The lowest BCUT2D eigenvalue weighted by atomic mass is 9.88. The van der Waals surface area contributed by atoms with Gasteiger partial charge in [0.05, 0.1) is 18.4 Å². The van der Waals surface area contributed by atoms with E-state index in [0.29, 0.717) is 36.8 Å². The summed E-state index contributed by atoms with van der Waals surface area (Å²) >= 11 is 0. The summed E-state index contributed by atoms with van der Waals surface area (Å²) in [5.41, 5.74) is 1.40. The van der Waals surface area contributed by atoms with Gasteiger partial charge >= 0.3 is 18.5 Å². The van der Waals surface area contributed by atoms with Crippen molar-refractivity contribution in [1.29, 1.82) is 0 Å². The molecule has 2 aromatic carbocycles. The van der Waals surface area contributed by atoms with Gasteiger partial charge in [0.25, 0.3) is 0 Å². The Bertz CT molecular complexity index is 1710. The molecule has 46 heavy (non-hydrogen) atoms. The Morgan fingerprint density at radius 1 is 1.00 bits per heavy atom. The Kier molecular flexibility index (Phi) is 9.24. The minimum absolute atomic E-state index is 0.0558. The predicted molar refractivity (Wildman–Crippen MR) is 150 cm³/mol. The summed E-state index contributed by atoms with van der Waals surface area (Å²) in [5.74, 6) is -1.70. The molecule has 0 unspecified atom stereocenters. The topological polar surface area (TPSA) is 89.7 Å². The van der Waals surface area contributed by atoms with Gasteiger partial charge in [0, 0.05) is 5.56 Å². The molecule has 1 fully saturated rings. The van der Waals surface area contributed by atoms with Crippen molar-refractivity contribution in [2.75, 3.05) is 19.6 Å². The Hall–Kier alpha value is -4.66. The van der Waals surface area contributed by atoms with Gasteiger partial charge in [-0.05, 0) is 85.8 Å². The number of likely N-dealkylation sites (tertiary alicyclic amines) is 1. The van der Waals surface area contributed by atoms with Crippen LogP contribution in [0.2, 0.25) is 0 Å². The van der Waals surface area contributed by atoms with Crippen LogP contribution in [0.1, 0.15) is 41.1 Å². The summed E-state index contributed by atoms with van der Waals surface area (Å²) in [6, 6.07) is 13.4. The highest BCUT2D eigenvalue weighted by Crippen LogP contribution is 2.38. The number of piperidine rings is 1.